The molecule has 0 aliphatic carbocycles. The van der Waals surface area contributed by atoms with Crippen LogP contribution < -0.4 is 10.1 Å². The Labute approximate surface area is 114 Å². The summed E-state index contributed by atoms with van der Waals surface area (Å²) >= 11 is 0. The predicted octanol–water partition coefficient (Wildman–Crippen LogP) is 3.69. The van der Waals surface area contributed by atoms with Crippen LogP contribution in [-0.2, 0) is 0 Å². The molecule has 2 aromatic rings. The molecule has 0 unspecified atom stereocenters. The lowest BCUT2D eigenvalue weighted by molar-refractivity contribution is 0.341. The molecule has 102 valence electrons. The second-order valence-corrected chi connectivity index (χ2v) is 5.47. The number of aromatic nitrogens is 2. The first kappa shape index (κ1) is 13.5. The number of nitrogens with one attached hydrogen (secondary N) is 2. The van der Waals surface area contributed by atoms with Gasteiger partial charge in [-0.05, 0) is 39.8 Å². The zero-order valence-electron chi connectivity index (χ0n) is 11.9. The van der Waals surface area contributed by atoms with Crippen LogP contribution in [0.4, 0.5) is 5.82 Å². The van der Waals surface area contributed by atoms with E-state index >= 15 is 0 Å². The van der Waals surface area contributed by atoms with Crippen LogP contribution in [0.3, 0.4) is 0 Å². The number of nitrogens with zero attached hydrogens (tertiary/aromatic N) is 1. The van der Waals surface area contributed by atoms with Crippen molar-refractivity contribution in [2.24, 2.45) is 0 Å². The lowest BCUT2D eigenvalue weighted by Gasteiger charge is -2.19. The molecule has 0 aliphatic heterocycles. The van der Waals surface area contributed by atoms with Crippen LogP contribution in [0.25, 0.3) is 11.3 Å². The lowest BCUT2D eigenvalue weighted by Crippen LogP contribution is -2.26. The van der Waals surface area contributed by atoms with Gasteiger partial charge in [-0.15, -0.1) is 0 Å². The molecule has 2 rings (SSSR count). The van der Waals surface area contributed by atoms with Crippen LogP contribution in [-0.4, -0.2) is 22.3 Å². The highest BCUT2D eigenvalue weighted by molar-refractivity contribution is 5.69. The fourth-order valence-corrected chi connectivity index (χ4v) is 1.88. The molecule has 1 heterocycles. The first-order chi connectivity index (χ1) is 8.99. The summed E-state index contributed by atoms with van der Waals surface area (Å²) in [4.78, 5) is 0. The molecule has 0 amide bonds. The maximum atomic E-state index is 5.63. The zero-order valence-corrected chi connectivity index (χ0v) is 11.9. The Hall–Kier alpha value is -1.97. The maximum Gasteiger partial charge on any atom is 0.148 e. The molecule has 4 heteroatoms. The molecule has 0 fully saturated rings. The van der Waals surface area contributed by atoms with E-state index in [-0.39, 0.29) is 5.54 Å². The molecule has 0 aliphatic rings. The predicted molar refractivity (Wildman–Crippen MR) is 78.6 cm³/mol. The average Bonchev–Trinajstić information content (AvgIpc) is 2.76. The highest BCUT2D eigenvalue weighted by atomic mass is 16.5. The quantitative estimate of drug-likeness (QED) is 0.880. The highest BCUT2D eigenvalue weighted by Crippen LogP contribution is 2.30. The van der Waals surface area contributed by atoms with E-state index in [4.69, 9.17) is 4.74 Å². The summed E-state index contributed by atoms with van der Waals surface area (Å²) in [6, 6.07) is 9.97. The molecule has 0 saturated heterocycles. The normalized spacial score (nSPS) is 11.4. The molecule has 0 spiro atoms. The van der Waals surface area contributed by atoms with E-state index in [1.165, 1.54) is 0 Å². The van der Waals surface area contributed by atoms with E-state index < -0.39 is 0 Å². The van der Waals surface area contributed by atoms with Crippen LogP contribution in [0.2, 0.25) is 0 Å². The SMILES string of the molecule is CCOc1ccccc1-c1cc(NC(C)(C)C)n[nH]1. The maximum absolute atomic E-state index is 5.63. The van der Waals surface area contributed by atoms with E-state index in [2.05, 4.69) is 36.3 Å². The number of hydrogen-bond donors (Lipinski definition) is 2. The molecule has 19 heavy (non-hydrogen) atoms. The largest absolute Gasteiger partial charge is 0.493 e. The van der Waals surface area contributed by atoms with Crippen molar-refractivity contribution in [3.8, 4) is 17.0 Å². The molecule has 0 bridgehead atoms. The van der Waals surface area contributed by atoms with Gasteiger partial charge in [0.25, 0.3) is 0 Å². The van der Waals surface area contributed by atoms with E-state index in [1.54, 1.807) is 0 Å². The number of aromatic amines is 1. The van der Waals surface area contributed by atoms with E-state index in [0.29, 0.717) is 6.61 Å². The van der Waals surface area contributed by atoms with Gasteiger partial charge in [-0.1, -0.05) is 12.1 Å². The van der Waals surface area contributed by atoms with Crippen LogP contribution in [0.15, 0.2) is 30.3 Å². The number of ether oxygens (including phenoxy) is 1. The molecule has 0 saturated carbocycles. The second kappa shape index (κ2) is 5.34. The van der Waals surface area contributed by atoms with Crippen molar-refractivity contribution in [3.05, 3.63) is 30.3 Å². The third-order valence-corrected chi connectivity index (χ3v) is 2.56. The number of H-pyrrole nitrogens is 1. The van der Waals surface area contributed by atoms with Gasteiger partial charge in [0.15, 0.2) is 0 Å². The van der Waals surface area contributed by atoms with Gasteiger partial charge in [0, 0.05) is 17.2 Å². The summed E-state index contributed by atoms with van der Waals surface area (Å²) in [5.74, 6) is 1.71. The molecule has 0 radical (unpaired) electrons. The van der Waals surface area contributed by atoms with Gasteiger partial charge in [0.2, 0.25) is 0 Å². The van der Waals surface area contributed by atoms with Crippen LogP contribution >= 0.6 is 0 Å². The van der Waals surface area contributed by atoms with Crippen molar-refractivity contribution in [1.82, 2.24) is 10.2 Å². The van der Waals surface area contributed by atoms with E-state index in [0.717, 1.165) is 22.8 Å². The summed E-state index contributed by atoms with van der Waals surface area (Å²) < 4.78 is 5.63. The monoisotopic (exact) mass is 259 g/mol. The van der Waals surface area contributed by atoms with E-state index in [1.807, 2.05) is 37.3 Å². The summed E-state index contributed by atoms with van der Waals surface area (Å²) in [7, 11) is 0. The van der Waals surface area contributed by atoms with Crippen molar-refractivity contribution < 1.29 is 4.74 Å². The first-order valence-electron chi connectivity index (χ1n) is 6.55. The average molecular weight is 259 g/mol. The fourth-order valence-electron chi connectivity index (χ4n) is 1.88. The zero-order chi connectivity index (χ0) is 13.9. The Bertz CT molecular complexity index is 540. The molecule has 1 aromatic carbocycles. The number of rotatable bonds is 4. The van der Waals surface area contributed by atoms with Crippen molar-refractivity contribution in [1.29, 1.82) is 0 Å². The van der Waals surface area contributed by atoms with Gasteiger partial charge in [0.05, 0.1) is 12.3 Å². The van der Waals surface area contributed by atoms with Gasteiger partial charge in [0.1, 0.15) is 11.6 Å². The number of hydrogen-bond acceptors (Lipinski definition) is 3. The lowest BCUT2D eigenvalue weighted by atomic mass is 10.1. The minimum absolute atomic E-state index is 0.00804. The summed E-state index contributed by atoms with van der Waals surface area (Å²) in [5, 5.41) is 10.7. The van der Waals surface area contributed by atoms with Crippen molar-refractivity contribution >= 4 is 5.82 Å². The fraction of sp³-hybridized carbons (Fsp3) is 0.400. The third kappa shape index (κ3) is 3.50. The van der Waals surface area contributed by atoms with E-state index in [9.17, 15) is 0 Å². The minimum Gasteiger partial charge on any atom is -0.493 e. The molecular formula is C15H21N3O. The van der Waals surface area contributed by atoms with Crippen LogP contribution in [0.1, 0.15) is 27.7 Å². The Kier molecular flexibility index (Phi) is 3.79. The molecule has 4 nitrogen and oxygen atoms in total. The Morgan fingerprint density at radius 1 is 1.26 bits per heavy atom. The Balaban J connectivity index is 2.28. The Morgan fingerprint density at radius 3 is 2.68 bits per heavy atom. The minimum atomic E-state index is -0.00804. The molecule has 2 N–H and O–H groups in total. The number of anilines is 1. The summed E-state index contributed by atoms with van der Waals surface area (Å²) in [5.41, 5.74) is 1.97. The molecular weight excluding hydrogens is 238 g/mol. The van der Waals surface area contributed by atoms with Crippen molar-refractivity contribution in [2.75, 3.05) is 11.9 Å². The van der Waals surface area contributed by atoms with Crippen LogP contribution in [0.5, 0.6) is 5.75 Å². The summed E-state index contributed by atoms with van der Waals surface area (Å²) in [6.07, 6.45) is 0. The Morgan fingerprint density at radius 2 is 2.00 bits per heavy atom. The van der Waals surface area contributed by atoms with Crippen LogP contribution in [0, 0.1) is 0 Å². The number of para-hydroxylation sites is 1. The molecule has 1 aromatic heterocycles. The van der Waals surface area contributed by atoms with Gasteiger partial charge in [-0.25, -0.2) is 0 Å². The van der Waals surface area contributed by atoms with Gasteiger partial charge < -0.3 is 10.1 Å². The standard InChI is InChI=1S/C15H21N3O/c1-5-19-13-9-7-6-8-11(13)12-10-14(18-17-12)16-15(2,3)4/h6-10H,5H2,1-4H3,(H2,16,17,18). The number of benzene rings is 1. The first-order valence-corrected chi connectivity index (χ1v) is 6.55. The van der Waals surface area contributed by atoms with Gasteiger partial charge in [-0.3, -0.25) is 5.10 Å². The third-order valence-electron chi connectivity index (χ3n) is 2.56. The van der Waals surface area contributed by atoms with Gasteiger partial charge in [-0.2, -0.15) is 5.10 Å². The van der Waals surface area contributed by atoms with Gasteiger partial charge >= 0.3 is 0 Å². The topological polar surface area (TPSA) is 49.9 Å². The van der Waals surface area contributed by atoms with Crippen molar-refractivity contribution in [3.63, 3.8) is 0 Å². The highest BCUT2D eigenvalue weighted by Gasteiger charge is 2.13. The summed E-state index contributed by atoms with van der Waals surface area (Å²) in [6.45, 7) is 8.95. The van der Waals surface area contributed by atoms with Crippen molar-refractivity contribution in [2.45, 2.75) is 33.2 Å². The smallest absolute Gasteiger partial charge is 0.148 e. The second-order valence-electron chi connectivity index (χ2n) is 5.47. The molecule has 0 atom stereocenters.